The average Bonchev–Trinajstić information content (AvgIpc) is 2.29. The molecule has 1 heterocycles. The summed E-state index contributed by atoms with van der Waals surface area (Å²) in [5, 5.41) is 2.96. The number of nitrogens with zero attached hydrogens (tertiary/aromatic N) is 1. The predicted octanol–water partition coefficient (Wildman–Crippen LogP) is 3.26. The molecule has 3 heteroatoms. The van der Waals surface area contributed by atoms with Gasteiger partial charge >= 0.3 is 6.03 Å². The van der Waals surface area contributed by atoms with Crippen molar-refractivity contribution in [3.8, 4) is 0 Å². The van der Waals surface area contributed by atoms with Crippen molar-refractivity contribution in [1.29, 1.82) is 0 Å². The predicted molar refractivity (Wildman–Crippen MR) is 70.2 cm³/mol. The van der Waals surface area contributed by atoms with Crippen molar-refractivity contribution in [2.75, 3.05) is 18.4 Å². The molecule has 1 aromatic rings. The first kappa shape index (κ1) is 12.0. The number of nitrogens with one attached hydrogen (secondary N) is 1. The first-order chi connectivity index (χ1) is 8.15. The number of anilines is 1. The number of amides is 2. The number of carbonyl (C=O) groups is 1. The Labute approximate surface area is 103 Å². The van der Waals surface area contributed by atoms with E-state index in [1.165, 1.54) is 6.42 Å². The van der Waals surface area contributed by atoms with Gasteiger partial charge in [0, 0.05) is 18.8 Å². The molecule has 0 spiro atoms. The van der Waals surface area contributed by atoms with E-state index in [2.05, 4.69) is 12.2 Å². The SMILES string of the molecule is Cc1cccc(NC(=O)N2CCC[C@@H](C)C2)c1. The first-order valence-electron chi connectivity index (χ1n) is 6.28. The normalized spacial score (nSPS) is 20.1. The maximum atomic E-state index is 12.0. The van der Waals surface area contributed by atoms with Crippen LogP contribution in [-0.4, -0.2) is 24.0 Å². The Kier molecular flexibility index (Phi) is 3.67. The summed E-state index contributed by atoms with van der Waals surface area (Å²) in [5.74, 6) is 0.618. The fourth-order valence-electron chi connectivity index (χ4n) is 2.30. The smallest absolute Gasteiger partial charge is 0.321 e. The molecule has 0 saturated carbocycles. The minimum atomic E-state index is 0.0298. The van der Waals surface area contributed by atoms with Crippen LogP contribution in [0.25, 0.3) is 0 Å². The van der Waals surface area contributed by atoms with E-state index in [-0.39, 0.29) is 6.03 Å². The van der Waals surface area contributed by atoms with Gasteiger partial charge in [-0.1, -0.05) is 19.1 Å². The zero-order chi connectivity index (χ0) is 12.3. The fourth-order valence-corrected chi connectivity index (χ4v) is 2.30. The highest BCUT2D eigenvalue weighted by molar-refractivity contribution is 5.89. The lowest BCUT2D eigenvalue weighted by Crippen LogP contribution is -2.41. The number of piperidine rings is 1. The van der Waals surface area contributed by atoms with Gasteiger partial charge in [0.15, 0.2) is 0 Å². The highest BCUT2D eigenvalue weighted by Gasteiger charge is 2.20. The largest absolute Gasteiger partial charge is 0.324 e. The number of aryl methyl sites for hydroxylation is 1. The van der Waals surface area contributed by atoms with Gasteiger partial charge in [0.1, 0.15) is 0 Å². The molecule has 92 valence electrons. The summed E-state index contributed by atoms with van der Waals surface area (Å²) < 4.78 is 0. The number of benzene rings is 1. The number of hydrogen-bond acceptors (Lipinski definition) is 1. The zero-order valence-corrected chi connectivity index (χ0v) is 10.6. The van der Waals surface area contributed by atoms with Crippen molar-refractivity contribution in [2.24, 2.45) is 5.92 Å². The van der Waals surface area contributed by atoms with E-state index in [1.807, 2.05) is 36.1 Å². The highest BCUT2D eigenvalue weighted by atomic mass is 16.2. The van der Waals surface area contributed by atoms with Gasteiger partial charge in [0.2, 0.25) is 0 Å². The molecule has 1 aliphatic heterocycles. The molecule has 2 rings (SSSR count). The lowest BCUT2D eigenvalue weighted by molar-refractivity contribution is 0.182. The highest BCUT2D eigenvalue weighted by Crippen LogP contribution is 2.17. The monoisotopic (exact) mass is 232 g/mol. The molecule has 1 aromatic carbocycles. The van der Waals surface area contributed by atoms with Crippen LogP contribution in [0.3, 0.4) is 0 Å². The number of carbonyl (C=O) groups excluding carboxylic acids is 1. The Hall–Kier alpha value is -1.51. The molecular weight excluding hydrogens is 212 g/mol. The van der Waals surface area contributed by atoms with Gasteiger partial charge in [-0.15, -0.1) is 0 Å². The van der Waals surface area contributed by atoms with E-state index in [0.717, 1.165) is 30.8 Å². The van der Waals surface area contributed by atoms with Gasteiger partial charge in [-0.25, -0.2) is 4.79 Å². The summed E-state index contributed by atoms with van der Waals surface area (Å²) >= 11 is 0. The minimum absolute atomic E-state index is 0.0298. The molecule has 3 nitrogen and oxygen atoms in total. The van der Waals surface area contributed by atoms with Crippen LogP contribution >= 0.6 is 0 Å². The van der Waals surface area contributed by atoms with E-state index in [9.17, 15) is 4.79 Å². The van der Waals surface area contributed by atoms with E-state index < -0.39 is 0 Å². The van der Waals surface area contributed by atoms with Crippen molar-refractivity contribution in [3.05, 3.63) is 29.8 Å². The van der Waals surface area contributed by atoms with Crippen LogP contribution in [0.1, 0.15) is 25.3 Å². The summed E-state index contributed by atoms with van der Waals surface area (Å²) in [6, 6.07) is 7.94. The third-order valence-corrected chi connectivity index (χ3v) is 3.21. The number of likely N-dealkylation sites (tertiary alicyclic amines) is 1. The third kappa shape index (κ3) is 3.22. The topological polar surface area (TPSA) is 32.3 Å². The van der Waals surface area contributed by atoms with Gasteiger partial charge < -0.3 is 10.2 Å². The maximum Gasteiger partial charge on any atom is 0.321 e. The number of urea groups is 1. The van der Waals surface area contributed by atoms with E-state index >= 15 is 0 Å². The van der Waals surface area contributed by atoms with Crippen molar-refractivity contribution < 1.29 is 4.79 Å². The van der Waals surface area contributed by atoms with Crippen LogP contribution in [-0.2, 0) is 0 Å². The second-order valence-corrected chi connectivity index (χ2v) is 4.99. The second kappa shape index (κ2) is 5.21. The summed E-state index contributed by atoms with van der Waals surface area (Å²) in [4.78, 5) is 14.0. The maximum absolute atomic E-state index is 12.0. The summed E-state index contributed by atoms with van der Waals surface area (Å²) in [6.07, 6.45) is 2.34. The molecule has 0 bridgehead atoms. The molecule has 1 N–H and O–H groups in total. The second-order valence-electron chi connectivity index (χ2n) is 4.99. The molecule has 0 unspecified atom stereocenters. The van der Waals surface area contributed by atoms with E-state index in [0.29, 0.717) is 5.92 Å². The Bertz CT molecular complexity index is 403. The van der Waals surface area contributed by atoms with Gasteiger partial charge in [0.05, 0.1) is 0 Å². The molecule has 1 atom stereocenters. The Morgan fingerprint density at radius 1 is 1.47 bits per heavy atom. The quantitative estimate of drug-likeness (QED) is 0.792. The zero-order valence-electron chi connectivity index (χ0n) is 10.6. The molecule has 2 amide bonds. The van der Waals surface area contributed by atoms with Gasteiger partial charge in [0.25, 0.3) is 0 Å². The lowest BCUT2D eigenvalue weighted by Gasteiger charge is -2.30. The van der Waals surface area contributed by atoms with E-state index in [4.69, 9.17) is 0 Å². The average molecular weight is 232 g/mol. The molecular formula is C14H20N2O. The van der Waals surface area contributed by atoms with Gasteiger partial charge in [-0.05, 0) is 43.4 Å². The van der Waals surface area contributed by atoms with Crippen molar-refractivity contribution >= 4 is 11.7 Å². The summed E-state index contributed by atoms with van der Waals surface area (Å²) in [7, 11) is 0. The minimum Gasteiger partial charge on any atom is -0.324 e. The molecule has 0 radical (unpaired) electrons. The standard InChI is InChI=1S/C14H20N2O/c1-11-5-3-7-13(9-11)15-14(17)16-8-4-6-12(2)10-16/h3,5,7,9,12H,4,6,8,10H2,1-2H3,(H,15,17)/t12-/m1/s1. The van der Waals surface area contributed by atoms with Gasteiger partial charge in [-0.2, -0.15) is 0 Å². The third-order valence-electron chi connectivity index (χ3n) is 3.21. The van der Waals surface area contributed by atoms with Crippen LogP contribution in [0.5, 0.6) is 0 Å². The fraction of sp³-hybridized carbons (Fsp3) is 0.500. The molecule has 1 fully saturated rings. The van der Waals surface area contributed by atoms with Crippen molar-refractivity contribution in [1.82, 2.24) is 4.90 Å². The van der Waals surface area contributed by atoms with Crippen LogP contribution in [0.4, 0.5) is 10.5 Å². The van der Waals surface area contributed by atoms with Crippen LogP contribution in [0, 0.1) is 12.8 Å². The molecule has 0 aromatic heterocycles. The van der Waals surface area contributed by atoms with E-state index in [1.54, 1.807) is 0 Å². The number of hydrogen-bond donors (Lipinski definition) is 1. The Balaban J connectivity index is 1.96. The molecule has 17 heavy (non-hydrogen) atoms. The molecule has 1 saturated heterocycles. The van der Waals surface area contributed by atoms with Gasteiger partial charge in [-0.3, -0.25) is 0 Å². The molecule has 1 aliphatic rings. The van der Waals surface area contributed by atoms with Crippen molar-refractivity contribution in [2.45, 2.75) is 26.7 Å². The Morgan fingerprint density at radius 2 is 2.29 bits per heavy atom. The van der Waals surface area contributed by atoms with Crippen LogP contribution < -0.4 is 5.32 Å². The van der Waals surface area contributed by atoms with Crippen molar-refractivity contribution in [3.63, 3.8) is 0 Å². The summed E-state index contributed by atoms with van der Waals surface area (Å²) in [5.41, 5.74) is 2.04. The molecule has 0 aliphatic carbocycles. The number of rotatable bonds is 1. The summed E-state index contributed by atoms with van der Waals surface area (Å²) in [6.45, 7) is 5.98. The first-order valence-corrected chi connectivity index (χ1v) is 6.28. The van der Waals surface area contributed by atoms with Crippen LogP contribution in [0.2, 0.25) is 0 Å². The Morgan fingerprint density at radius 3 is 3.00 bits per heavy atom. The van der Waals surface area contributed by atoms with Crippen LogP contribution in [0.15, 0.2) is 24.3 Å². The lowest BCUT2D eigenvalue weighted by atomic mass is 10.0.